The molecule has 2 aromatic carbocycles. The van der Waals surface area contributed by atoms with Crippen LogP contribution in [-0.4, -0.2) is 35.0 Å². The van der Waals surface area contributed by atoms with E-state index in [2.05, 4.69) is 26.3 Å². The van der Waals surface area contributed by atoms with Crippen molar-refractivity contribution in [2.24, 2.45) is 0 Å². The number of nitrogens with one attached hydrogen (secondary N) is 1. The van der Waals surface area contributed by atoms with Crippen LogP contribution in [0.5, 0.6) is 5.75 Å². The van der Waals surface area contributed by atoms with E-state index in [0.29, 0.717) is 24.5 Å². The van der Waals surface area contributed by atoms with Crippen LogP contribution in [0.3, 0.4) is 0 Å². The van der Waals surface area contributed by atoms with Crippen molar-refractivity contribution in [2.75, 3.05) is 18.5 Å². The van der Waals surface area contributed by atoms with Crippen LogP contribution < -0.4 is 10.1 Å². The number of rotatable bonds is 7. The first kappa shape index (κ1) is 19.7. The molecule has 1 atom stereocenters. The molecule has 1 N–H and O–H groups in total. The molecular formula is C22H22BrN3O3. The van der Waals surface area contributed by atoms with Crippen molar-refractivity contribution in [1.82, 2.24) is 9.78 Å². The number of carbonyl (C=O) groups excluding carboxylic acids is 1. The predicted octanol–water partition coefficient (Wildman–Crippen LogP) is 4.50. The molecule has 2 heterocycles. The number of carbonyl (C=O) groups is 1. The van der Waals surface area contributed by atoms with Gasteiger partial charge in [0.25, 0.3) is 5.91 Å². The highest BCUT2D eigenvalue weighted by molar-refractivity contribution is 9.10. The standard InChI is InChI=1S/C22H22BrN3O3/c23-18-4-1-3-16(13-18)14-26-21(10-11-24-26)25-22(27)17-6-8-19(9-7-17)29-15-20-5-2-12-28-20/h1,3-4,6-11,13,20H,2,5,12,14-15H2,(H,25,27). The lowest BCUT2D eigenvalue weighted by Gasteiger charge is -2.12. The minimum atomic E-state index is -0.188. The third-order valence-electron chi connectivity index (χ3n) is 4.76. The van der Waals surface area contributed by atoms with Gasteiger partial charge in [0, 0.05) is 22.7 Å². The molecule has 29 heavy (non-hydrogen) atoms. The van der Waals surface area contributed by atoms with Gasteiger partial charge in [0.1, 0.15) is 18.2 Å². The van der Waals surface area contributed by atoms with E-state index in [-0.39, 0.29) is 12.0 Å². The second-order valence-corrected chi connectivity index (χ2v) is 7.84. The lowest BCUT2D eigenvalue weighted by Crippen LogP contribution is -2.17. The third-order valence-corrected chi connectivity index (χ3v) is 5.25. The summed E-state index contributed by atoms with van der Waals surface area (Å²) in [5, 5.41) is 7.25. The van der Waals surface area contributed by atoms with Gasteiger partial charge in [0.2, 0.25) is 0 Å². The Hall–Kier alpha value is -2.64. The number of hydrogen-bond donors (Lipinski definition) is 1. The van der Waals surface area contributed by atoms with E-state index in [0.717, 1.165) is 35.2 Å². The van der Waals surface area contributed by atoms with Gasteiger partial charge in [0.15, 0.2) is 0 Å². The summed E-state index contributed by atoms with van der Waals surface area (Å²) in [4.78, 5) is 12.6. The van der Waals surface area contributed by atoms with Gasteiger partial charge < -0.3 is 14.8 Å². The Balaban J connectivity index is 1.36. The number of ether oxygens (including phenoxy) is 2. The molecule has 0 bridgehead atoms. The normalized spacial score (nSPS) is 16.0. The first-order valence-electron chi connectivity index (χ1n) is 9.59. The van der Waals surface area contributed by atoms with Crippen LogP contribution in [0.4, 0.5) is 5.82 Å². The van der Waals surface area contributed by atoms with E-state index >= 15 is 0 Å². The summed E-state index contributed by atoms with van der Waals surface area (Å²) in [7, 11) is 0. The Morgan fingerprint density at radius 3 is 2.86 bits per heavy atom. The van der Waals surface area contributed by atoms with Crippen LogP contribution >= 0.6 is 15.9 Å². The van der Waals surface area contributed by atoms with Gasteiger partial charge in [-0.05, 0) is 54.8 Å². The number of halogens is 1. The molecule has 1 amide bonds. The Kier molecular flexibility index (Phi) is 6.27. The molecule has 1 aliphatic heterocycles. The molecule has 1 aliphatic rings. The lowest BCUT2D eigenvalue weighted by atomic mass is 10.2. The molecular weight excluding hydrogens is 434 g/mol. The largest absolute Gasteiger partial charge is 0.491 e. The van der Waals surface area contributed by atoms with Crippen LogP contribution in [0, 0.1) is 0 Å². The number of nitrogens with zero attached hydrogens (tertiary/aromatic N) is 2. The van der Waals surface area contributed by atoms with Crippen molar-refractivity contribution >= 4 is 27.7 Å². The quantitative estimate of drug-likeness (QED) is 0.569. The molecule has 1 fully saturated rings. The molecule has 6 nitrogen and oxygen atoms in total. The number of benzene rings is 2. The van der Waals surface area contributed by atoms with E-state index in [1.807, 2.05) is 36.4 Å². The zero-order valence-corrected chi connectivity index (χ0v) is 17.5. The van der Waals surface area contributed by atoms with E-state index in [1.165, 1.54) is 0 Å². The summed E-state index contributed by atoms with van der Waals surface area (Å²) >= 11 is 3.47. The molecule has 1 saturated heterocycles. The molecule has 7 heteroatoms. The summed E-state index contributed by atoms with van der Waals surface area (Å²) in [5.41, 5.74) is 1.65. The summed E-state index contributed by atoms with van der Waals surface area (Å²) in [6.07, 6.45) is 3.97. The third kappa shape index (κ3) is 5.25. The van der Waals surface area contributed by atoms with Gasteiger partial charge in [0.05, 0.1) is 18.8 Å². The van der Waals surface area contributed by atoms with Gasteiger partial charge in [-0.3, -0.25) is 4.79 Å². The van der Waals surface area contributed by atoms with Crippen molar-refractivity contribution in [2.45, 2.75) is 25.5 Å². The van der Waals surface area contributed by atoms with Crippen molar-refractivity contribution < 1.29 is 14.3 Å². The fourth-order valence-electron chi connectivity index (χ4n) is 3.23. The molecule has 0 aliphatic carbocycles. The second-order valence-electron chi connectivity index (χ2n) is 6.93. The highest BCUT2D eigenvalue weighted by Gasteiger charge is 2.16. The smallest absolute Gasteiger partial charge is 0.256 e. The Morgan fingerprint density at radius 2 is 2.10 bits per heavy atom. The minimum absolute atomic E-state index is 0.170. The van der Waals surface area contributed by atoms with Crippen LogP contribution in [0.25, 0.3) is 0 Å². The van der Waals surface area contributed by atoms with Crippen LogP contribution in [0.15, 0.2) is 65.3 Å². The Morgan fingerprint density at radius 1 is 1.24 bits per heavy atom. The van der Waals surface area contributed by atoms with Crippen LogP contribution in [0.1, 0.15) is 28.8 Å². The Labute approximate surface area is 178 Å². The van der Waals surface area contributed by atoms with E-state index < -0.39 is 0 Å². The molecule has 0 radical (unpaired) electrons. The fourth-order valence-corrected chi connectivity index (χ4v) is 3.68. The molecule has 3 aromatic rings. The fraction of sp³-hybridized carbons (Fsp3) is 0.273. The van der Waals surface area contributed by atoms with Gasteiger partial charge >= 0.3 is 0 Å². The average Bonchev–Trinajstić information content (AvgIpc) is 3.39. The lowest BCUT2D eigenvalue weighted by molar-refractivity contribution is 0.0679. The molecule has 0 saturated carbocycles. The van der Waals surface area contributed by atoms with Crippen molar-refractivity contribution in [3.8, 4) is 5.75 Å². The SMILES string of the molecule is O=C(Nc1ccnn1Cc1cccc(Br)c1)c1ccc(OCC2CCCO2)cc1. The maximum atomic E-state index is 12.6. The summed E-state index contributed by atoms with van der Waals surface area (Å²) in [6.45, 7) is 1.92. The van der Waals surface area contributed by atoms with Gasteiger partial charge in [-0.1, -0.05) is 28.1 Å². The molecule has 0 spiro atoms. The number of aromatic nitrogens is 2. The highest BCUT2D eigenvalue weighted by atomic mass is 79.9. The number of hydrogen-bond acceptors (Lipinski definition) is 4. The number of amides is 1. The first-order chi connectivity index (χ1) is 14.2. The van der Waals surface area contributed by atoms with Crippen LogP contribution in [-0.2, 0) is 11.3 Å². The topological polar surface area (TPSA) is 65.4 Å². The maximum absolute atomic E-state index is 12.6. The van der Waals surface area contributed by atoms with Crippen molar-refractivity contribution in [3.63, 3.8) is 0 Å². The monoisotopic (exact) mass is 455 g/mol. The van der Waals surface area contributed by atoms with E-state index in [9.17, 15) is 4.79 Å². The minimum Gasteiger partial charge on any atom is -0.491 e. The van der Waals surface area contributed by atoms with E-state index in [4.69, 9.17) is 9.47 Å². The number of anilines is 1. The zero-order valence-electron chi connectivity index (χ0n) is 15.9. The van der Waals surface area contributed by atoms with Gasteiger partial charge in [-0.2, -0.15) is 5.10 Å². The average molecular weight is 456 g/mol. The Bertz CT molecular complexity index is 965. The molecule has 4 rings (SSSR count). The van der Waals surface area contributed by atoms with Crippen molar-refractivity contribution in [3.05, 3.63) is 76.4 Å². The molecule has 150 valence electrons. The summed E-state index contributed by atoms with van der Waals surface area (Å²) < 4.78 is 14.1. The van der Waals surface area contributed by atoms with Crippen LogP contribution in [0.2, 0.25) is 0 Å². The summed E-state index contributed by atoms with van der Waals surface area (Å²) in [6, 6.07) is 16.9. The second kappa shape index (κ2) is 9.24. The first-order valence-corrected chi connectivity index (χ1v) is 10.4. The zero-order chi connectivity index (χ0) is 20.1. The van der Waals surface area contributed by atoms with Gasteiger partial charge in [-0.15, -0.1) is 0 Å². The van der Waals surface area contributed by atoms with Crippen molar-refractivity contribution in [1.29, 1.82) is 0 Å². The maximum Gasteiger partial charge on any atom is 0.256 e. The molecule has 1 unspecified atom stereocenters. The van der Waals surface area contributed by atoms with Gasteiger partial charge in [-0.25, -0.2) is 4.68 Å². The molecule has 1 aromatic heterocycles. The van der Waals surface area contributed by atoms with E-state index in [1.54, 1.807) is 29.1 Å². The predicted molar refractivity (Wildman–Crippen MR) is 114 cm³/mol. The highest BCUT2D eigenvalue weighted by Crippen LogP contribution is 2.18. The summed E-state index contributed by atoms with van der Waals surface area (Å²) in [5.74, 6) is 1.19.